The van der Waals surface area contributed by atoms with E-state index in [1.165, 1.54) is 24.8 Å². The van der Waals surface area contributed by atoms with Crippen molar-refractivity contribution in [2.45, 2.75) is 50.4 Å². The fraction of sp³-hybridized carbons (Fsp3) is 0.400. The van der Waals surface area contributed by atoms with Gasteiger partial charge in [0.25, 0.3) is 11.8 Å². The summed E-state index contributed by atoms with van der Waals surface area (Å²) in [5.74, 6) is 0.0460. The third-order valence-electron chi connectivity index (χ3n) is 5.27. The minimum absolute atomic E-state index is 0.00675. The molecule has 0 amide bonds. The van der Waals surface area contributed by atoms with Crippen LogP contribution < -0.4 is 0 Å². The molecule has 0 saturated heterocycles. The van der Waals surface area contributed by atoms with Crippen LogP contribution in [0.1, 0.15) is 55.8 Å². The summed E-state index contributed by atoms with van der Waals surface area (Å²) in [5, 5.41) is 6.97. The Hall–Kier alpha value is -2.70. The smallest absolute Gasteiger partial charge is 0.314 e. The second kappa shape index (κ2) is 7.50. The van der Waals surface area contributed by atoms with Gasteiger partial charge in [0.2, 0.25) is 0 Å². The molecular weight excluding hydrogens is 350 g/mol. The van der Waals surface area contributed by atoms with Gasteiger partial charge in [-0.3, -0.25) is 0 Å². The van der Waals surface area contributed by atoms with Crippen LogP contribution in [0.4, 0.5) is 8.78 Å². The van der Waals surface area contributed by atoms with Gasteiger partial charge in [0.1, 0.15) is 5.82 Å². The molecule has 27 heavy (non-hydrogen) atoms. The summed E-state index contributed by atoms with van der Waals surface area (Å²) in [6.07, 6.45) is 6.98. The van der Waals surface area contributed by atoms with E-state index in [-0.39, 0.29) is 11.3 Å². The summed E-state index contributed by atoms with van der Waals surface area (Å²) >= 11 is 0. The number of rotatable bonds is 5. The average molecular weight is 370 g/mol. The summed E-state index contributed by atoms with van der Waals surface area (Å²) in [6, 6.07) is 10.6. The van der Waals surface area contributed by atoms with Crippen molar-refractivity contribution in [3.63, 3.8) is 0 Å². The van der Waals surface area contributed by atoms with E-state index < -0.39 is 12.3 Å². The Labute approximate surface area is 155 Å². The van der Waals surface area contributed by atoms with E-state index >= 15 is 0 Å². The molecule has 1 fully saturated rings. The second-order valence-electron chi connectivity index (χ2n) is 7.02. The lowest BCUT2D eigenvalue weighted by Crippen LogP contribution is -2.32. The molecule has 1 aliphatic rings. The predicted octanol–water partition coefficient (Wildman–Crippen LogP) is 4.91. The Morgan fingerprint density at radius 1 is 0.963 bits per heavy atom. The molecule has 4 rings (SSSR count). The normalized spacial score (nSPS) is 16.6. The molecule has 1 aromatic carbocycles. The van der Waals surface area contributed by atoms with Gasteiger partial charge < -0.3 is 4.42 Å². The van der Waals surface area contributed by atoms with E-state index in [0.717, 1.165) is 25.1 Å². The maximum atomic E-state index is 12.6. The first-order valence-electron chi connectivity index (χ1n) is 9.15. The van der Waals surface area contributed by atoms with Gasteiger partial charge in [0, 0.05) is 24.2 Å². The van der Waals surface area contributed by atoms with Gasteiger partial charge in [0.15, 0.2) is 0 Å². The zero-order valence-corrected chi connectivity index (χ0v) is 14.8. The Bertz CT molecular complexity index is 875. The maximum Gasteiger partial charge on any atom is 0.314 e. The largest absolute Gasteiger partial charge is 0.415 e. The summed E-state index contributed by atoms with van der Waals surface area (Å²) in [4.78, 5) is 8.89. The molecule has 3 aromatic rings. The maximum absolute atomic E-state index is 12.6. The molecule has 7 heteroatoms. The number of halogens is 2. The van der Waals surface area contributed by atoms with Crippen LogP contribution in [0.15, 0.2) is 47.1 Å². The molecule has 0 spiro atoms. The molecule has 0 bridgehead atoms. The number of benzene rings is 1. The van der Waals surface area contributed by atoms with Crippen LogP contribution in [-0.4, -0.2) is 20.2 Å². The molecule has 0 atom stereocenters. The fourth-order valence-corrected chi connectivity index (χ4v) is 3.89. The van der Waals surface area contributed by atoms with Crippen LogP contribution in [0, 0.1) is 0 Å². The van der Waals surface area contributed by atoms with Crippen molar-refractivity contribution in [3.05, 3.63) is 60.0 Å². The number of hydrogen-bond donors (Lipinski definition) is 0. The Kier molecular flexibility index (Phi) is 4.92. The molecule has 0 radical (unpaired) electrons. The third-order valence-corrected chi connectivity index (χ3v) is 5.27. The standard InChI is InChI=1S/C20H20F2N4O/c21-17(22)19-26-25-18(27-19)14-12-23-16(24-13-14)11-20(9-5-2-6-10-20)15-7-3-1-4-8-15/h1,3-4,7-8,12-13,17H,2,5-6,9-11H2. The first-order chi connectivity index (χ1) is 13.2. The zero-order chi connectivity index (χ0) is 18.7. The quantitative estimate of drug-likeness (QED) is 0.638. The number of hydrogen-bond acceptors (Lipinski definition) is 5. The van der Waals surface area contributed by atoms with Crippen LogP contribution in [0.5, 0.6) is 0 Å². The molecule has 0 N–H and O–H groups in total. The minimum Gasteiger partial charge on any atom is -0.415 e. The molecule has 0 aliphatic heterocycles. The van der Waals surface area contributed by atoms with Crippen LogP contribution in [0.2, 0.25) is 0 Å². The van der Waals surface area contributed by atoms with E-state index in [2.05, 4.69) is 44.4 Å². The highest BCUT2D eigenvalue weighted by Crippen LogP contribution is 2.41. The highest BCUT2D eigenvalue weighted by Gasteiger charge is 2.34. The van der Waals surface area contributed by atoms with Crippen molar-refractivity contribution >= 4 is 0 Å². The van der Waals surface area contributed by atoms with Crippen LogP contribution in [0.3, 0.4) is 0 Å². The predicted molar refractivity (Wildman–Crippen MR) is 95.2 cm³/mol. The highest BCUT2D eigenvalue weighted by molar-refractivity contribution is 5.48. The molecular formula is C20H20F2N4O. The van der Waals surface area contributed by atoms with Gasteiger partial charge >= 0.3 is 6.43 Å². The number of aromatic nitrogens is 4. The SMILES string of the molecule is FC(F)c1nnc(-c2cnc(CC3(c4ccccc4)CCCCC3)nc2)o1. The second-order valence-corrected chi connectivity index (χ2v) is 7.02. The Morgan fingerprint density at radius 2 is 1.67 bits per heavy atom. The topological polar surface area (TPSA) is 64.7 Å². The van der Waals surface area contributed by atoms with Crippen molar-refractivity contribution in [1.29, 1.82) is 0 Å². The summed E-state index contributed by atoms with van der Waals surface area (Å²) in [7, 11) is 0. The molecule has 2 aromatic heterocycles. The van der Waals surface area contributed by atoms with Gasteiger partial charge in [-0.1, -0.05) is 49.6 Å². The third kappa shape index (κ3) is 3.72. The summed E-state index contributed by atoms with van der Waals surface area (Å²) in [5.41, 5.74) is 1.82. The van der Waals surface area contributed by atoms with E-state index in [0.29, 0.717) is 5.56 Å². The van der Waals surface area contributed by atoms with Crippen molar-refractivity contribution < 1.29 is 13.2 Å². The van der Waals surface area contributed by atoms with Gasteiger partial charge in [0.05, 0.1) is 5.56 Å². The first-order valence-corrected chi connectivity index (χ1v) is 9.15. The zero-order valence-electron chi connectivity index (χ0n) is 14.8. The fourth-order valence-electron chi connectivity index (χ4n) is 3.89. The van der Waals surface area contributed by atoms with Gasteiger partial charge in [-0.2, -0.15) is 8.78 Å². The highest BCUT2D eigenvalue weighted by atomic mass is 19.3. The summed E-state index contributed by atoms with van der Waals surface area (Å²) < 4.78 is 30.2. The van der Waals surface area contributed by atoms with Gasteiger partial charge in [-0.05, 0) is 18.4 Å². The lowest BCUT2D eigenvalue weighted by Gasteiger charge is -2.37. The lowest BCUT2D eigenvalue weighted by molar-refractivity contribution is 0.116. The molecule has 140 valence electrons. The van der Waals surface area contributed by atoms with Crippen molar-refractivity contribution in [1.82, 2.24) is 20.2 Å². The van der Waals surface area contributed by atoms with E-state index in [1.807, 2.05) is 6.07 Å². The molecule has 1 saturated carbocycles. The molecule has 5 nitrogen and oxygen atoms in total. The van der Waals surface area contributed by atoms with E-state index in [1.54, 1.807) is 12.4 Å². The Morgan fingerprint density at radius 3 is 2.30 bits per heavy atom. The van der Waals surface area contributed by atoms with Crippen LogP contribution in [-0.2, 0) is 11.8 Å². The summed E-state index contributed by atoms with van der Waals surface area (Å²) in [6.45, 7) is 0. The first kappa shape index (κ1) is 17.7. The monoisotopic (exact) mass is 370 g/mol. The van der Waals surface area contributed by atoms with E-state index in [4.69, 9.17) is 4.42 Å². The molecule has 2 heterocycles. The molecule has 0 unspecified atom stereocenters. The van der Waals surface area contributed by atoms with Crippen LogP contribution in [0.25, 0.3) is 11.5 Å². The molecule has 1 aliphatic carbocycles. The van der Waals surface area contributed by atoms with Crippen LogP contribution >= 0.6 is 0 Å². The van der Waals surface area contributed by atoms with Gasteiger partial charge in [-0.15, -0.1) is 10.2 Å². The van der Waals surface area contributed by atoms with Crippen molar-refractivity contribution in [3.8, 4) is 11.5 Å². The average Bonchev–Trinajstić information content (AvgIpc) is 3.21. The lowest BCUT2D eigenvalue weighted by atomic mass is 9.67. The van der Waals surface area contributed by atoms with E-state index in [9.17, 15) is 8.78 Å². The minimum atomic E-state index is -2.79. The van der Waals surface area contributed by atoms with Gasteiger partial charge in [-0.25, -0.2) is 9.97 Å². The Balaban J connectivity index is 1.57. The number of alkyl halides is 2. The van der Waals surface area contributed by atoms with Crippen molar-refractivity contribution in [2.24, 2.45) is 0 Å². The number of nitrogens with zero attached hydrogens (tertiary/aromatic N) is 4. The van der Waals surface area contributed by atoms with Crippen molar-refractivity contribution in [2.75, 3.05) is 0 Å².